The van der Waals surface area contributed by atoms with Gasteiger partial charge in [-0.2, -0.15) is 0 Å². The first-order valence-electron chi connectivity index (χ1n) is 9.66. The van der Waals surface area contributed by atoms with Crippen molar-refractivity contribution in [1.29, 1.82) is 0 Å². The number of carbonyl (C=O) groups excluding carboxylic acids is 3. The Bertz CT molecular complexity index is 721. The lowest BCUT2D eigenvalue weighted by atomic mass is 9.99. The molecular weight excluding hydrogens is 344 g/mol. The molecule has 7 heteroatoms. The average Bonchev–Trinajstić information content (AvgIpc) is 3.09. The van der Waals surface area contributed by atoms with Crippen molar-refractivity contribution >= 4 is 17.7 Å². The Kier molecular flexibility index (Phi) is 6.08. The molecule has 2 fully saturated rings. The van der Waals surface area contributed by atoms with Crippen molar-refractivity contribution in [3.63, 3.8) is 0 Å². The van der Waals surface area contributed by atoms with E-state index < -0.39 is 0 Å². The molecule has 3 rings (SSSR count). The van der Waals surface area contributed by atoms with Crippen LogP contribution in [0.2, 0.25) is 0 Å². The molecular formula is C20H28N4O3. The fourth-order valence-corrected chi connectivity index (χ4v) is 3.96. The Morgan fingerprint density at radius 1 is 1.37 bits per heavy atom. The lowest BCUT2D eigenvalue weighted by Crippen LogP contribution is -2.51. The minimum Gasteiger partial charge on any atom is -0.355 e. The van der Waals surface area contributed by atoms with Gasteiger partial charge in [0.1, 0.15) is 0 Å². The number of piperidine rings is 1. The van der Waals surface area contributed by atoms with Crippen LogP contribution in [0.3, 0.4) is 0 Å². The van der Waals surface area contributed by atoms with Crippen LogP contribution < -0.4 is 5.32 Å². The monoisotopic (exact) mass is 372 g/mol. The number of amides is 3. The van der Waals surface area contributed by atoms with Crippen molar-refractivity contribution in [2.45, 2.75) is 45.1 Å². The summed E-state index contributed by atoms with van der Waals surface area (Å²) >= 11 is 0. The summed E-state index contributed by atoms with van der Waals surface area (Å²) in [7, 11) is 1.77. The molecule has 1 N–H and O–H groups in total. The molecule has 1 unspecified atom stereocenters. The Balaban J connectivity index is 1.62. The lowest BCUT2D eigenvalue weighted by Gasteiger charge is -2.38. The molecule has 2 atom stereocenters. The van der Waals surface area contributed by atoms with E-state index in [1.807, 2.05) is 17.9 Å². The van der Waals surface area contributed by atoms with Crippen LogP contribution in [-0.4, -0.2) is 65.2 Å². The molecule has 0 saturated carbocycles. The number of hydrogen-bond acceptors (Lipinski definition) is 4. The highest BCUT2D eigenvalue weighted by Gasteiger charge is 2.33. The van der Waals surface area contributed by atoms with Crippen molar-refractivity contribution in [2.75, 3.05) is 26.7 Å². The van der Waals surface area contributed by atoms with Gasteiger partial charge in [-0.3, -0.25) is 19.4 Å². The highest BCUT2D eigenvalue weighted by molar-refractivity contribution is 5.89. The Morgan fingerprint density at radius 3 is 2.89 bits per heavy atom. The highest BCUT2D eigenvalue weighted by Crippen LogP contribution is 2.21. The highest BCUT2D eigenvalue weighted by atomic mass is 16.2. The number of carbonyl (C=O) groups is 3. The van der Waals surface area contributed by atoms with Gasteiger partial charge in [0, 0.05) is 51.5 Å². The van der Waals surface area contributed by atoms with Gasteiger partial charge in [-0.15, -0.1) is 0 Å². The fraction of sp³-hybridized carbons (Fsp3) is 0.600. The Labute approximate surface area is 160 Å². The van der Waals surface area contributed by atoms with Crippen LogP contribution in [-0.2, 0) is 20.8 Å². The molecule has 3 amide bonds. The molecule has 3 heterocycles. The van der Waals surface area contributed by atoms with Crippen LogP contribution in [0.4, 0.5) is 0 Å². The van der Waals surface area contributed by atoms with Crippen molar-refractivity contribution in [2.24, 2.45) is 5.92 Å². The summed E-state index contributed by atoms with van der Waals surface area (Å²) in [6.07, 6.45) is 7.05. The molecule has 2 saturated heterocycles. The van der Waals surface area contributed by atoms with E-state index in [4.69, 9.17) is 0 Å². The van der Waals surface area contributed by atoms with Crippen LogP contribution in [0.15, 0.2) is 18.5 Å². The first-order chi connectivity index (χ1) is 13.0. The van der Waals surface area contributed by atoms with Gasteiger partial charge in [-0.1, -0.05) is 0 Å². The second-order valence-electron chi connectivity index (χ2n) is 7.64. The molecule has 146 valence electrons. The van der Waals surface area contributed by atoms with Gasteiger partial charge in [-0.05, 0) is 43.4 Å². The molecule has 1 aromatic heterocycles. The Hall–Kier alpha value is -2.44. The maximum atomic E-state index is 12.9. The number of hydrogen-bond donors (Lipinski definition) is 1. The fourth-order valence-electron chi connectivity index (χ4n) is 3.96. The zero-order valence-electron chi connectivity index (χ0n) is 16.1. The zero-order chi connectivity index (χ0) is 19.4. The van der Waals surface area contributed by atoms with E-state index in [-0.39, 0.29) is 36.1 Å². The molecule has 0 aromatic carbocycles. The molecule has 7 nitrogen and oxygen atoms in total. The minimum absolute atomic E-state index is 0.0190. The zero-order valence-corrected chi connectivity index (χ0v) is 16.1. The van der Waals surface area contributed by atoms with Crippen molar-refractivity contribution in [1.82, 2.24) is 20.1 Å². The summed E-state index contributed by atoms with van der Waals surface area (Å²) in [5, 5.41) is 2.71. The number of likely N-dealkylation sites (N-methyl/N-ethyl adjacent to an activating group) is 1. The van der Waals surface area contributed by atoms with Gasteiger partial charge < -0.3 is 15.1 Å². The summed E-state index contributed by atoms with van der Waals surface area (Å²) in [4.78, 5) is 44.6. The first-order valence-corrected chi connectivity index (χ1v) is 9.66. The van der Waals surface area contributed by atoms with Gasteiger partial charge in [-0.25, -0.2) is 0 Å². The summed E-state index contributed by atoms with van der Waals surface area (Å²) in [6.45, 7) is 3.65. The molecule has 2 aliphatic heterocycles. The van der Waals surface area contributed by atoms with Gasteiger partial charge in [0.25, 0.3) is 0 Å². The summed E-state index contributed by atoms with van der Waals surface area (Å²) < 4.78 is 0. The lowest BCUT2D eigenvalue weighted by molar-refractivity contribution is -0.139. The molecule has 0 aliphatic carbocycles. The SMILES string of the molecule is Cc1ccncc1CC(=O)N1CCCC[C@@H]1CN(C)C(=O)C1CNC(=O)C1. The quantitative estimate of drug-likeness (QED) is 0.833. The summed E-state index contributed by atoms with van der Waals surface area (Å²) in [5.74, 6) is -0.278. The predicted octanol–water partition coefficient (Wildman–Crippen LogP) is 0.908. The second-order valence-corrected chi connectivity index (χ2v) is 7.64. The molecule has 0 bridgehead atoms. The van der Waals surface area contributed by atoms with Crippen molar-refractivity contribution < 1.29 is 14.4 Å². The summed E-state index contributed by atoms with van der Waals surface area (Å²) in [5.41, 5.74) is 2.02. The van der Waals surface area contributed by atoms with E-state index >= 15 is 0 Å². The second kappa shape index (κ2) is 8.50. The third kappa shape index (κ3) is 4.64. The molecule has 0 spiro atoms. The number of aryl methyl sites for hydroxylation is 1. The maximum absolute atomic E-state index is 12.9. The van der Waals surface area contributed by atoms with Crippen molar-refractivity contribution in [3.8, 4) is 0 Å². The standard InChI is InChI=1S/C20H28N4O3/c1-14-6-7-21-11-15(14)10-19(26)24-8-4-3-5-17(24)13-23(2)20(27)16-9-18(25)22-12-16/h6-7,11,16-17H,3-5,8-10,12-13H2,1-2H3,(H,22,25)/t16?,17-/m1/s1. The number of nitrogens with one attached hydrogen (secondary N) is 1. The van der Waals surface area contributed by atoms with Gasteiger partial charge in [0.2, 0.25) is 17.7 Å². The first kappa shape index (κ1) is 19.3. The van der Waals surface area contributed by atoms with Crippen LogP contribution >= 0.6 is 0 Å². The van der Waals surface area contributed by atoms with Gasteiger partial charge in [0.05, 0.1) is 12.3 Å². The largest absolute Gasteiger partial charge is 0.355 e. The van der Waals surface area contributed by atoms with E-state index in [9.17, 15) is 14.4 Å². The molecule has 1 aromatic rings. The topological polar surface area (TPSA) is 82.6 Å². The third-order valence-electron chi connectivity index (χ3n) is 5.62. The summed E-state index contributed by atoms with van der Waals surface area (Å²) in [6, 6.07) is 1.95. The van der Waals surface area contributed by atoms with Crippen molar-refractivity contribution in [3.05, 3.63) is 29.6 Å². The van der Waals surface area contributed by atoms with E-state index in [0.29, 0.717) is 19.5 Å². The molecule has 27 heavy (non-hydrogen) atoms. The third-order valence-corrected chi connectivity index (χ3v) is 5.62. The number of pyridine rings is 1. The minimum atomic E-state index is -0.284. The number of likely N-dealkylation sites (tertiary alicyclic amines) is 1. The van der Waals surface area contributed by atoms with E-state index in [2.05, 4.69) is 10.3 Å². The average molecular weight is 372 g/mol. The number of nitrogens with zero attached hydrogens (tertiary/aromatic N) is 3. The van der Waals surface area contributed by atoms with Crippen LogP contribution in [0.5, 0.6) is 0 Å². The van der Waals surface area contributed by atoms with Gasteiger partial charge in [0.15, 0.2) is 0 Å². The smallest absolute Gasteiger partial charge is 0.227 e. The van der Waals surface area contributed by atoms with E-state index in [1.54, 1.807) is 24.3 Å². The maximum Gasteiger partial charge on any atom is 0.227 e. The van der Waals surface area contributed by atoms with Crippen LogP contribution in [0, 0.1) is 12.8 Å². The van der Waals surface area contributed by atoms with E-state index in [1.165, 1.54) is 0 Å². The predicted molar refractivity (Wildman–Crippen MR) is 101 cm³/mol. The number of aromatic nitrogens is 1. The molecule has 2 aliphatic rings. The van der Waals surface area contributed by atoms with Gasteiger partial charge >= 0.3 is 0 Å². The van der Waals surface area contributed by atoms with Crippen LogP contribution in [0.25, 0.3) is 0 Å². The normalized spacial score (nSPS) is 22.4. The Morgan fingerprint density at radius 2 is 2.19 bits per heavy atom. The van der Waals surface area contributed by atoms with Crippen LogP contribution in [0.1, 0.15) is 36.8 Å². The van der Waals surface area contributed by atoms with E-state index in [0.717, 1.165) is 36.9 Å². The number of rotatable bonds is 5. The molecule has 0 radical (unpaired) electrons.